The Morgan fingerprint density at radius 3 is 2.70 bits per heavy atom. The number of hydrogen-bond donors (Lipinski definition) is 0. The summed E-state index contributed by atoms with van der Waals surface area (Å²) in [5, 5.41) is 14.3. The summed E-state index contributed by atoms with van der Waals surface area (Å²) in [6.45, 7) is 0.841. The van der Waals surface area contributed by atoms with Crippen LogP contribution in [0.25, 0.3) is 0 Å². The van der Waals surface area contributed by atoms with E-state index in [1.165, 1.54) is 0 Å². The molecule has 4 rings (SSSR count). The molecule has 2 aliphatic heterocycles. The van der Waals surface area contributed by atoms with Gasteiger partial charge >= 0.3 is 0 Å². The lowest BCUT2D eigenvalue weighted by Crippen LogP contribution is -2.48. The Balaban J connectivity index is 1.61. The molecular formula is C17H17ClN4O. The van der Waals surface area contributed by atoms with Crippen LogP contribution in [0.1, 0.15) is 36.8 Å². The van der Waals surface area contributed by atoms with Crippen molar-refractivity contribution in [3.05, 3.63) is 47.1 Å². The second-order valence-corrected chi connectivity index (χ2v) is 7.02. The Hall–Kier alpha value is -1.90. The number of halogens is 1. The predicted molar refractivity (Wildman–Crippen MR) is 84.6 cm³/mol. The van der Waals surface area contributed by atoms with E-state index < -0.39 is 5.41 Å². The van der Waals surface area contributed by atoms with E-state index in [2.05, 4.69) is 21.1 Å². The zero-order chi connectivity index (χ0) is 15.9. The molecule has 0 radical (unpaired) electrons. The molecule has 0 aliphatic carbocycles. The van der Waals surface area contributed by atoms with Crippen LogP contribution < -0.4 is 0 Å². The average molecular weight is 329 g/mol. The number of fused-ring (bicyclic) bond motifs is 2. The fourth-order valence-corrected chi connectivity index (χ4v) is 4.35. The largest absolute Gasteiger partial charge is 0.364 e. The van der Waals surface area contributed by atoms with Gasteiger partial charge in [-0.2, -0.15) is 5.26 Å². The van der Waals surface area contributed by atoms with Gasteiger partial charge in [0.2, 0.25) is 0 Å². The maximum Gasteiger partial charge on any atom is 0.128 e. The minimum atomic E-state index is -0.477. The van der Waals surface area contributed by atoms with E-state index >= 15 is 0 Å². The van der Waals surface area contributed by atoms with Crippen molar-refractivity contribution in [2.45, 2.75) is 49.7 Å². The number of nitrogens with zero attached hydrogens (tertiary/aromatic N) is 4. The van der Waals surface area contributed by atoms with E-state index in [0.29, 0.717) is 17.1 Å². The second kappa shape index (κ2) is 5.63. The normalized spacial score (nSPS) is 30.3. The van der Waals surface area contributed by atoms with E-state index in [0.717, 1.165) is 43.4 Å². The van der Waals surface area contributed by atoms with Crippen molar-refractivity contribution in [3.8, 4) is 6.07 Å². The van der Waals surface area contributed by atoms with Crippen LogP contribution in [0.5, 0.6) is 0 Å². The summed E-state index contributed by atoms with van der Waals surface area (Å²) >= 11 is 6.10. The Labute approximate surface area is 139 Å². The number of rotatable bonds is 3. The number of piperidine rings is 1. The average Bonchev–Trinajstić information content (AvgIpc) is 3.14. The molecule has 0 saturated carbocycles. The van der Waals surface area contributed by atoms with Crippen molar-refractivity contribution < 1.29 is 4.52 Å². The Morgan fingerprint density at radius 2 is 2.09 bits per heavy atom. The first-order valence-electron chi connectivity index (χ1n) is 7.86. The van der Waals surface area contributed by atoms with Crippen LogP contribution in [0.4, 0.5) is 0 Å². The quantitative estimate of drug-likeness (QED) is 0.864. The maximum absolute atomic E-state index is 9.93. The first-order valence-corrected chi connectivity index (χ1v) is 8.24. The molecule has 2 bridgehead atoms. The lowest BCUT2D eigenvalue weighted by atomic mass is 9.71. The third-order valence-corrected chi connectivity index (χ3v) is 5.47. The number of hydrogen-bond acceptors (Lipinski definition) is 5. The maximum atomic E-state index is 9.93. The van der Waals surface area contributed by atoms with Gasteiger partial charge in [0.05, 0.1) is 22.7 Å². The topological polar surface area (TPSA) is 66.0 Å². The molecule has 2 aliphatic rings. The molecule has 23 heavy (non-hydrogen) atoms. The van der Waals surface area contributed by atoms with Crippen LogP contribution in [0, 0.1) is 11.3 Å². The summed E-state index contributed by atoms with van der Waals surface area (Å²) in [7, 11) is 0. The van der Waals surface area contributed by atoms with E-state index in [1.807, 2.05) is 6.07 Å². The molecule has 0 amide bonds. The van der Waals surface area contributed by atoms with Crippen LogP contribution in [0.2, 0.25) is 5.02 Å². The molecule has 0 spiro atoms. The minimum Gasteiger partial charge on any atom is -0.364 e. The molecular weight excluding hydrogens is 312 g/mol. The van der Waals surface area contributed by atoms with Gasteiger partial charge < -0.3 is 4.52 Å². The first kappa shape index (κ1) is 14.7. The minimum absolute atomic E-state index is 0.405. The number of aromatic nitrogens is 2. The van der Waals surface area contributed by atoms with Gasteiger partial charge in [-0.1, -0.05) is 16.8 Å². The van der Waals surface area contributed by atoms with Gasteiger partial charge in [-0.3, -0.25) is 9.88 Å². The van der Waals surface area contributed by atoms with Gasteiger partial charge in [-0.05, 0) is 37.3 Å². The van der Waals surface area contributed by atoms with Gasteiger partial charge in [0, 0.05) is 36.6 Å². The molecule has 5 nitrogen and oxygen atoms in total. The summed E-state index contributed by atoms with van der Waals surface area (Å²) in [5.41, 5.74) is 1.57. The SMILES string of the molecule is N#CC1(c2cncc(Cl)c2)C[C@H]2CC[C@@H](C1)N2Cc1cnoc1. The first-order chi connectivity index (χ1) is 11.2. The molecule has 4 heterocycles. The number of pyridine rings is 1. The second-order valence-electron chi connectivity index (χ2n) is 6.58. The van der Waals surface area contributed by atoms with Crippen molar-refractivity contribution in [2.75, 3.05) is 0 Å². The molecule has 1 unspecified atom stereocenters. The lowest BCUT2D eigenvalue weighted by molar-refractivity contribution is 0.0971. The van der Waals surface area contributed by atoms with Crippen LogP contribution in [-0.4, -0.2) is 27.1 Å². The standard InChI is InChI=1S/C17H17ClN4O/c18-14-3-13(7-20-8-14)17(11-19)4-15-1-2-16(5-17)22(15)9-12-6-21-23-10-12/h3,6-8,10,15-16H,1-2,4-5,9H2/t15-,16+,17?. The summed E-state index contributed by atoms with van der Waals surface area (Å²) < 4.78 is 4.94. The number of nitriles is 1. The van der Waals surface area contributed by atoms with Crippen molar-refractivity contribution in [3.63, 3.8) is 0 Å². The van der Waals surface area contributed by atoms with E-state index in [9.17, 15) is 5.26 Å². The van der Waals surface area contributed by atoms with E-state index in [4.69, 9.17) is 16.1 Å². The fourth-order valence-electron chi connectivity index (χ4n) is 4.18. The van der Waals surface area contributed by atoms with Gasteiger partial charge in [0.25, 0.3) is 0 Å². The van der Waals surface area contributed by atoms with E-state index in [1.54, 1.807) is 24.9 Å². The molecule has 2 aromatic rings. The van der Waals surface area contributed by atoms with Gasteiger partial charge in [-0.15, -0.1) is 0 Å². The van der Waals surface area contributed by atoms with Crippen molar-refractivity contribution >= 4 is 11.6 Å². The molecule has 2 aromatic heterocycles. The van der Waals surface area contributed by atoms with Crippen LogP contribution in [-0.2, 0) is 12.0 Å². The highest BCUT2D eigenvalue weighted by molar-refractivity contribution is 6.30. The van der Waals surface area contributed by atoms with Crippen LogP contribution >= 0.6 is 11.6 Å². The molecule has 118 valence electrons. The summed E-state index contributed by atoms with van der Waals surface area (Å²) in [5.74, 6) is 0. The Morgan fingerprint density at radius 1 is 1.30 bits per heavy atom. The zero-order valence-corrected chi connectivity index (χ0v) is 13.4. The Bertz CT molecular complexity index is 725. The molecule has 0 aromatic carbocycles. The lowest BCUT2D eigenvalue weighted by Gasteiger charge is -2.43. The van der Waals surface area contributed by atoms with Crippen LogP contribution in [0.3, 0.4) is 0 Å². The smallest absolute Gasteiger partial charge is 0.128 e. The fraction of sp³-hybridized carbons (Fsp3) is 0.471. The zero-order valence-electron chi connectivity index (χ0n) is 12.7. The third-order valence-electron chi connectivity index (χ3n) is 5.26. The Kier molecular flexibility index (Phi) is 3.59. The molecule has 6 heteroatoms. The van der Waals surface area contributed by atoms with E-state index in [-0.39, 0.29) is 0 Å². The van der Waals surface area contributed by atoms with Gasteiger partial charge in [-0.25, -0.2) is 0 Å². The van der Waals surface area contributed by atoms with Gasteiger partial charge in [0.1, 0.15) is 6.26 Å². The van der Waals surface area contributed by atoms with Crippen molar-refractivity contribution in [1.82, 2.24) is 15.0 Å². The molecule has 2 fully saturated rings. The summed E-state index contributed by atoms with van der Waals surface area (Å²) in [6.07, 6.45) is 10.8. The van der Waals surface area contributed by atoms with Gasteiger partial charge in [0.15, 0.2) is 0 Å². The highest BCUT2D eigenvalue weighted by Gasteiger charge is 2.49. The molecule has 3 atom stereocenters. The third kappa shape index (κ3) is 2.52. The monoisotopic (exact) mass is 328 g/mol. The molecule has 0 N–H and O–H groups in total. The predicted octanol–water partition coefficient (Wildman–Crippen LogP) is 3.31. The summed E-state index contributed by atoms with van der Waals surface area (Å²) in [6, 6.07) is 5.29. The molecule has 2 saturated heterocycles. The van der Waals surface area contributed by atoms with Crippen molar-refractivity contribution in [1.29, 1.82) is 5.26 Å². The highest BCUT2D eigenvalue weighted by atomic mass is 35.5. The van der Waals surface area contributed by atoms with Crippen LogP contribution in [0.15, 0.2) is 35.4 Å². The highest BCUT2D eigenvalue weighted by Crippen LogP contribution is 2.47. The summed E-state index contributed by atoms with van der Waals surface area (Å²) in [4.78, 5) is 6.69. The van der Waals surface area contributed by atoms with Crippen molar-refractivity contribution in [2.24, 2.45) is 0 Å².